The molecule has 3 N–H and O–H groups in total. The fraction of sp³-hybridized carbons (Fsp3) is 0.652. The third-order valence-corrected chi connectivity index (χ3v) is 8.43. The maximum absolute atomic E-state index is 13.5. The number of nitrogens with two attached hydrogens (primary N) is 1. The van der Waals surface area contributed by atoms with Gasteiger partial charge in [-0.05, 0) is 67.8 Å². The molecule has 0 aromatic heterocycles. The van der Waals surface area contributed by atoms with Gasteiger partial charge in [-0.3, -0.25) is 9.59 Å². The van der Waals surface area contributed by atoms with Crippen molar-refractivity contribution in [3.8, 4) is 0 Å². The summed E-state index contributed by atoms with van der Waals surface area (Å²) in [6, 6.07) is 10.1. The van der Waals surface area contributed by atoms with E-state index in [1.54, 1.807) is 4.90 Å². The van der Waals surface area contributed by atoms with Gasteiger partial charge in [0.2, 0.25) is 11.8 Å². The monoisotopic (exact) mass is 382 g/mol. The summed E-state index contributed by atoms with van der Waals surface area (Å²) in [6.45, 7) is 0.636. The molecule has 6 rings (SSSR count). The van der Waals surface area contributed by atoms with E-state index in [1.807, 2.05) is 6.07 Å². The van der Waals surface area contributed by atoms with Crippen molar-refractivity contribution in [1.82, 2.24) is 4.90 Å². The van der Waals surface area contributed by atoms with E-state index in [4.69, 9.17) is 5.73 Å². The molecule has 4 bridgehead atoms. The van der Waals surface area contributed by atoms with Gasteiger partial charge in [0.25, 0.3) is 0 Å². The molecule has 4 saturated carbocycles. The van der Waals surface area contributed by atoms with Gasteiger partial charge in [0.1, 0.15) is 6.04 Å². The van der Waals surface area contributed by atoms with Crippen molar-refractivity contribution in [3.63, 3.8) is 0 Å². The third kappa shape index (κ3) is 2.55. The summed E-state index contributed by atoms with van der Waals surface area (Å²) >= 11 is 0. The van der Waals surface area contributed by atoms with Gasteiger partial charge in [-0.25, -0.2) is 0 Å². The van der Waals surface area contributed by atoms with Crippen molar-refractivity contribution < 1.29 is 14.7 Å². The maximum atomic E-state index is 13.5. The van der Waals surface area contributed by atoms with Gasteiger partial charge in [-0.1, -0.05) is 30.3 Å². The average Bonchev–Trinajstić information content (AvgIpc) is 3.17. The Morgan fingerprint density at radius 1 is 1.07 bits per heavy atom. The first kappa shape index (κ1) is 18.2. The minimum Gasteiger partial charge on any atom is -0.393 e. The van der Waals surface area contributed by atoms with Crippen LogP contribution in [0.25, 0.3) is 0 Å². The van der Waals surface area contributed by atoms with E-state index in [1.165, 1.54) is 5.56 Å². The largest absolute Gasteiger partial charge is 0.393 e. The molecule has 0 spiro atoms. The van der Waals surface area contributed by atoms with Crippen LogP contribution in [0.3, 0.4) is 0 Å². The number of rotatable bonds is 4. The fourth-order valence-corrected chi connectivity index (χ4v) is 7.29. The lowest BCUT2D eigenvalue weighted by Gasteiger charge is -2.63. The predicted molar refractivity (Wildman–Crippen MR) is 105 cm³/mol. The van der Waals surface area contributed by atoms with Crippen molar-refractivity contribution in [2.75, 3.05) is 6.54 Å². The number of nitrogens with zero attached hydrogens (tertiary/aromatic N) is 1. The lowest BCUT2D eigenvalue weighted by atomic mass is 9.42. The standard InChI is InChI=1S/C23H30N2O3/c24-22(28)19-7-4-8-25(19)20(26)13-23(16-5-2-1-3-6-16)17-9-14-10-18(23)12-15(11-17)21(14)27/h1-3,5-6,14-15,17-19,21,27H,4,7-13H2,(H2,24,28)/t14?,15?,17?,18?,19-,21?,23?/m1/s1. The zero-order valence-corrected chi connectivity index (χ0v) is 16.3. The van der Waals surface area contributed by atoms with Crippen LogP contribution < -0.4 is 5.73 Å². The molecule has 0 radical (unpaired) electrons. The zero-order valence-electron chi connectivity index (χ0n) is 16.3. The Balaban J connectivity index is 1.51. The molecule has 1 atom stereocenters. The van der Waals surface area contributed by atoms with Crippen LogP contribution in [0, 0.1) is 23.7 Å². The van der Waals surface area contributed by atoms with E-state index in [9.17, 15) is 14.7 Å². The number of amides is 2. The van der Waals surface area contributed by atoms with E-state index in [0.29, 0.717) is 43.1 Å². The summed E-state index contributed by atoms with van der Waals surface area (Å²) in [5.41, 5.74) is 6.67. The van der Waals surface area contributed by atoms with Gasteiger partial charge in [-0.15, -0.1) is 0 Å². The molecule has 150 valence electrons. The molecule has 1 aliphatic heterocycles. The van der Waals surface area contributed by atoms with Crippen molar-refractivity contribution in [3.05, 3.63) is 35.9 Å². The quantitative estimate of drug-likeness (QED) is 0.837. The number of carbonyl (C=O) groups is 2. The fourth-order valence-electron chi connectivity index (χ4n) is 7.29. The van der Waals surface area contributed by atoms with Crippen LogP contribution in [0.4, 0.5) is 0 Å². The number of benzene rings is 1. The molecule has 5 heteroatoms. The highest BCUT2D eigenvalue weighted by atomic mass is 16.3. The third-order valence-electron chi connectivity index (χ3n) is 8.43. The minimum atomic E-state index is -0.445. The van der Waals surface area contributed by atoms with E-state index in [-0.39, 0.29) is 23.3 Å². The van der Waals surface area contributed by atoms with Gasteiger partial charge >= 0.3 is 0 Å². The predicted octanol–water partition coefficient (Wildman–Crippen LogP) is 2.22. The molecule has 2 amide bonds. The summed E-state index contributed by atoms with van der Waals surface area (Å²) < 4.78 is 0. The first-order valence-corrected chi connectivity index (χ1v) is 10.8. The number of primary amides is 1. The van der Waals surface area contributed by atoms with Crippen molar-refractivity contribution in [1.29, 1.82) is 0 Å². The number of aliphatic hydroxyl groups excluding tert-OH is 1. The second kappa shape index (κ2) is 6.58. The first-order valence-electron chi connectivity index (χ1n) is 10.8. The van der Waals surface area contributed by atoms with Gasteiger partial charge in [-0.2, -0.15) is 0 Å². The van der Waals surface area contributed by atoms with E-state index >= 15 is 0 Å². The Bertz CT molecular complexity index is 747. The summed E-state index contributed by atoms with van der Waals surface area (Å²) in [4.78, 5) is 27.0. The Morgan fingerprint density at radius 3 is 2.25 bits per heavy atom. The Kier molecular flexibility index (Phi) is 4.27. The molecule has 1 aromatic rings. The van der Waals surface area contributed by atoms with Crippen LogP contribution in [0.1, 0.15) is 50.5 Å². The maximum Gasteiger partial charge on any atom is 0.240 e. The molecule has 0 unspecified atom stereocenters. The molecular formula is C23H30N2O3. The number of hydrogen-bond acceptors (Lipinski definition) is 3. The lowest BCUT2D eigenvalue weighted by molar-refractivity contribution is -0.154. The van der Waals surface area contributed by atoms with E-state index < -0.39 is 6.04 Å². The van der Waals surface area contributed by atoms with Gasteiger partial charge in [0.15, 0.2) is 0 Å². The lowest BCUT2D eigenvalue weighted by Crippen LogP contribution is -2.61. The number of aliphatic hydroxyl groups is 1. The van der Waals surface area contributed by atoms with Gasteiger partial charge < -0.3 is 15.7 Å². The van der Waals surface area contributed by atoms with Crippen LogP contribution in [0.15, 0.2) is 30.3 Å². The summed E-state index contributed by atoms with van der Waals surface area (Å²) in [7, 11) is 0. The molecule has 5 fully saturated rings. The second-order valence-corrected chi connectivity index (χ2v) is 9.58. The number of carbonyl (C=O) groups excluding carboxylic acids is 2. The van der Waals surface area contributed by atoms with E-state index in [2.05, 4.69) is 24.3 Å². The summed E-state index contributed by atoms with van der Waals surface area (Å²) in [5, 5.41) is 10.6. The van der Waals surface area contributed by atoms with Crippen LogP contribution in [-0.2, 0) is 15.0 Å². The molecular weight excluding hydrogens is 352 g/mol. The summed E-state index contributed by atoms with van der Waals surface area (Å²) in [5.74, 6) is 1.34. The minimum absolute atomic E-state index is 0.0816. The highest BCUT2D eigenvalue weighted by Gasteiger charge is 2.61. The Hall–Kier alpha value is -1.88. The smallest absolute Gasteiger partial charge is 0.240 e. The molecule has 5 aliphatic rings. The van der Waals surface area contributed by atoms with E-state index in [0.717, 1.165) is 32.1 Å². The highest BCUT2D eigenvalue weighted by molar-refractivity contribution is 5.87. The van der Waals surface area contributed by atoms with Crippen molar-refractivity contribution in [2.45, 2.75) is 62.5 Å². The van der Waals surface area contributed by atoms with Crippen molar-refractivity contribution in [2.24, 2.45) is 29.4 Å². The van der Waals surface area contributed by atoms with Gasteiger partial charge in [0, 0.05) is 18.4 Å². The van der Waals surface area contributed by atoms with Gasteiger partial charge in [0.05, 0.1) is 6.10 Å². The molecule has 4 aliphatic carbocycles. The Morgan fingerprint density at radius 2 is 1.68 bits per heavy atom. The van der Waals surface area contributed by atoms with Crippen LogP contribution in [0.2, 0.25) is 0 Å². The topological polar surface area (TPSA) is 83.6 Å². The molecule has 5 nitrogen and oxygen atoms in total. The van der Waals surface area contributed by atoms with Crippen molar-refractivity contribution >= 4 is 11.8 Å². The normalized spacial score (nSPS) is 41.4. The van der Waals surface area contributed by atoms with Crippen LogP contribution in [0.5, 0.6) is 0 Å². The SMILES string of the molecule is NC(=O)[C@H]1CCCN1C(=O)CC1(c2ccccc2)C2CC3CC1CC(C2)C3O. The Labute approximate surface area is 166 Å². The van der Waals surface area contributed by atoms with Crippen LogP contribution in [-0.4, -0.2) is 40.5 Å². The zero-order chi connectivity index (χ0) is 19.5. The summed E-state index contributed by atoms with van der Waals surface area (Å²) in [6.07, 6.45) is 5.88. The number of likely N-dealkylation sites (tertiary alicyclic amines) is 1. The highest BCUT2D eigenvalue weighted by Crippen LogP contribution is 2.64. The molecule has 1 heterocycles. The second-order valence-electron chi connectivity index (χ2n) is 9.58. The average molecular weight is 383 g/mol. The number of hydrogen-bond donors (Lipinski definition) is 2. The molecule has 1 aromatic carbocycles. The molecule has 1 saturated heterocycles. The molecule has 28 heavy (non-hydrogen) atoms. The first-order chi connectivity index (χ1) is 13.5. The van der Waals surface area contributed by atoms with Crippen LogP contribution >= 0.6 is 0 Å².